The van der Waals surface area contributed by atoms with E-state index in [0.29, 0.717) is 0 Å². The quantitative estimate of drug-likeness (QED) is 0.629. The molecule has 0 aromatic heterocycles. The second kappa shape index (κ2) is 5.25. The summed E-state index contributed by atoms with van der Waals surface area (Å²) in [6.07, 6.45) is 1.93. The number of thioether (sulfide) groups is 1. The van der Waals surface area contributed by atoms with E-state index in [9.17, 15) is 4.79 Å². The topological polar surface area (TPSA) is 20.3 Å². The van der Waals surface area contributed by atoms with Gasteiger partial charge in [0, 0.05) is 19.3 Å². The molecule has 0 heterocycles. The van der Waals surface area contributed by atoms with Crippen molar-refractivity contribution in [2.45, 2.75) is 20.8 Å². The summed E-state index contributed by atoms with van der Waals surface area (Å²) in [6.45, 7) is 6.60. The first kappa shape index (κ1) is 11.6. The third-order valence-corrected chi connectivity index (χ3v) is 2.89. The Morgan fingerprint density at radius 3 is 2.17 bits per heavy atom. The van der Waals surface area contributed by atoms with E-state index in [2.05, 4.69) is 11.8 Å². The Morgan fingerprint density at radius 1 is 1.42 bits per heavy atom. The van der Waals surface area contributed by atoms with Crippen LogP contribution in [0.15, 0.2) is 10.6 Å². The fourth-order valence-corrected chi connectivity index (χ4v) is 1.70. The second-order valence-electron chi connectivity index (χ2n) is 2.69. The molecule has 0 unspecified atom stereocenters. The normalized spacial score (nSPS) is 12.4. The fourth-order valence-electron chi connectivity index (χ4n) is 0.957. The number of rotatable bonds is 4. The number of Topliss-reactive ketones (excluding diaryl/α,β-unsaturated/α-hetero) is 1. The lowest BCUT2D eigenvalue weighted by atomic mass is 10.3. The lowest BCUT2D eigenvalue weighted by molar-refractivity contribution is -0.113. The minimum Gasteiger partial charge on any atom is -0.377 e. The van der Waals surface area contributed by atoms with Crippen LogP contribution in [0, 0.1) is 0 Å². The largest absolute Gasteiger partial charge is 0.377 e. The third kappa shape index (κ3) is 2.89. The lowest BCUT2D eigenvalue weighted by Gasteiger charge is -2.19. The summed E-state index contributed by atoms with van der Waals surface area (Å²) in [5.41, 5.74) is 1.07. The molecule has 0 saturated carbocycles. The standard InChI is InChI=1S/C9H17NOS/c1-6-10(4)7(2)9(12-5)8(3)11/h6H2,1-5H3/b9-7-. The van der Waals surface area contributed by atoms with E-state index in [4.69, 9.17) is 0 Å². The minimum atomic E-state index is 0.153. The summed E-state index contributed by atoms with van der Waals surface area (Å²) >= 11 is 1.52. The van der Waals surface area contributed by atoms with E-state index in [0.717, 1.165) is 17.1 Å². The molecule has 12 heavy (non-hydrogen) atoms. The van der Waals surface area contributed by atoms with Crippen LogP contribution >= 0.6 is 11.8 Å². The Hall–Kier alpha value is -0.440. The molecule has 0 aliphatic heterocycles. The van der Waals surface area contributed by atoms with Crippen LogP contribution in [0.4, 0.5) is 0 Å². The maximum atomic E-state index is 11.1. The summed E-state index contributed by atoms with van der Waals surface area (Å²) in [5.74, 6) is 0.153. The maximum absolute atomic E-state index is 11.1. The maximum Gasteiger partial charge on any atom is 0.167 e. The zero-order chi connectivity index (χ0) is 9.72. The van der Waals surface area contributed by atoms with Crippen molar-refractivity contribution in [1.82, 2.24) is 4.90 Å². The van der Waals surface area contributed by atoms with Gasteiger partial charge in [-0.1, -0.05) is 0 Å². The van der Waals surface area contributed by atoms with Gasteiger partial charge in [-0.05, 0) is 27.0 Å². The molecule has 0 aromatic rings. The number of carbonyl (C=O) groups excluding carboxylic acids is 1. The molecule has 0 N–H and O–H groups in total. The Balaban J connectivity index is 4.71. The van der Waals surface area contributed by atoms with Crippen LogP contribution in [0.3, 0.4) is 0 Å². The van der Waals surface area contributed by atoms with Crippen LogP contribution in [-0.4, -0.2) is 30.5 Å². The van der Waals surface area contributed by atoms with Crippen molar-refractivity contribution in [2.75, 3.05) is 19.8 Å². The van der Waals surface area contributed by atoms with Crippen molar-refractivity contribution in [2.24, 2.45) is 0 Å². The van der Waals surface area contributed by atoms with E-state index in [-0.39, 0.29) is 5.78 Å². The van der Waals surface area contributed by atoms with Gasteiger partial charge in [-0.3, -0.25) is 4.79 Å². The molecule has 0 rings (SSSR count). The first-order chi connectivity index (χ1) is 5.54. The smallest absolute Gasteiger partial charge is 0.167 e. The Bertz CT molecular complexity index is 199. The second-order valence-corrected chi connectivity index (χ2v) is 3.51. The van der Waals surface area contributed by atoms with Crippen molar-refractivity contribution in [3.05, 3.63) is 10.6 Å². The number of hydrogen-bond acceptors (Lipinski definition) is 3. The van der Waals surface area contributed by atoms with E-state index in [1.165, 1.54) is 11.8 Å². The Morgan fingerprint density at radius 2 is 1.92 bits per heavy atom. The third-order valence-electron chi connectivity index (χ3n) is 1.90. The summed E-state index contributed by atoms with van der Waals surface area (Å²) in [6, 6.07) is 0. The van der Waals surface area contributed by atoms with Crippen molar-refractivity contribution in [3.8, 4) is 0 Å². The van der Waals surface area contributed by atoms with Gasteiger partial charge in [0.05, 0.1) is 4.91 Å². The van der Waals surface area contributed by atoms with Crippen molar-refractivity contribution >= 4 is 17.5 Å². The number of ketones is 1. The van der Waals surface area contributed by atoms with Crippen LogP contribution < -0.4 is 0 Å². The predicted octanol–water partition coefficient (Wildman–Crippen LogP) is 2.12. The van der Waals surface area contributed by atoms with E-state index in [1.54, 1.807) is 6.92 Å². The van der Waals surface area contributed by atoms with Gasteiger partial charge in [0.25, 0.3) is 0 Å². The lowest BCUT2D eigenvalue weighted by Crippen LogP contribution is -2.17. The summed E-state index contributed by atoms with van der Waals surface area (Å²) in [4.78, 5) is 14.1. The highest BCUT2D eigenvalue weighted by atomic mass is 32.2. The first-order valence-corrected chi connectivity index (χ1v) is 5.24. The van der Waals surface area contributed by atoms with Gasteiger partial charge in [0.15, 0.2) is 5.78 Å². The highest BCUT2D eigenvalue weighted by Crippen LogP contribution is 2.19. The first-order valence-electron chi connectivity index (χ1n) is 4.01. The molecule has 2 nitrogen and oxygen atoms in total. The summed E-state index contributed by atoms with van der Waals surface area (Å²) in [7, 11) is 1.99. The molecule has 0 amide bonds. The van der Waals surface area contributed by atoms with Gasteiger partial charge in [-0.15, -0.1) is 11.8 Å². The van der Waals surface area contributed by atoms with Crippen LogP contribution in [0.2, 0.25) is 0 Å². The molecule has 0 fully saturated rings. The number of hydrogen-bond donors (Lipinski definition) is 0. The highest BCUT2D eigenvalue weighted by molar-refractivity contribution is 8.03. The van der Waals surface area contributed by atoms with Crippen molar-refractivity contribution < 1.29 is 4.79 Å². The van der Waals surface area contributed by atoms with Gasteiger partial charge in [-0.25, -0.2) is 0 Å². The van der Waals surface area contributed by atoms with E-state index < -0.39 is 0 Å². The Labute approximate surface area is 79.0 Å². The van der Waals surface area contributed by atoms with Crippen molar-refractivity contribution in [3.63, 3.8) is 0 Å². The molecule has 0 spiro atoms. The number of nitrogens with zero attached hydrogens (tertiary/aromatic N) is 1. The fraction of sp³-hybridized carbons (Fsp3) is 0.667. The van der Waals surface area contributed by atoms with Crippen molar-refractivity contribution in [1.29, 1.82) is 0 Å². The molecule has 0 bridgehead atoms. The molecule has 70 valence electrons. The summed E-state index contributed by atoms with van der Waals surface area (Å²) < 4.78 is 0. The molecular formula is C9H17NOS. The average molecular weight is 187 g/mol. The average Bonchev–Trinajstić information content (AvgIpc) is 2.03. The highest BCUT2D eigenvalue weighted by Gasteiger charge is 2.08. The monoisotopic (exact) mass is 187 g/mol. The van der Waals surface area contributed by atoms with E-state index >= 15 is 0 Å². The molecule has 3 heteroatoms. The predicted molar refractivity (Wildman–Crippen MR) is 55.2 cm³/mol. The van der Waals surface area contributed by atoms with Gasteiger partial charge >= 0.3 is 0 Å². The van der Waals surface area contributed by atoms with Crippen LogP contribution in [0.5, 0.6) is 0 Å². The van der Waals surface area contributed by atoms with Crippen LogP contribution in [0.1, 0.15) is 20.8 Å². The molecule has 0 aliphatic rings. The SMILES string of the molecule is CCN(C)/C(C)=C(\SC)C(C)=O. The van der Waals surface area contributed by atoms with Gasteiger partial charge in [0.1, 0.15) is 0 Å². The zero-order valence-corrected chi connectivity index (χ0v) is 9.29. The summed E-state index contributed by atoms with van der Waals surface area (Å²) in [5, 5.41) is 0. The molecular weight excluding hydrogens is 170 g/mol. The molecule has 0 saturated heterocycles. The van der Waals surface area contributed by atoms with Gasteiger partial charge in [0.2, 0.25) is 0 Å². The van der Waals surface area contributed by atoms with E-state index in [1.807, 2.05) is 20.2 Å². The molecule has 0 radical (unpaired) electrons. The molecule has 0 aromatic carbocycles. The van der Waals surface area contributed by atoms with Gasteiger partial charge in [-0.2, -0.15) is 0 Å². The van der Waals surface area contributed by atoms with Crippen LogP contribution in [-0.2, 0) is 4.79 Å². The van der Waals surface area contributed by atoms with Gasteiger partial charge < -0.3 is 4.90 Å². The zero-order valence-electron chi connectivity index (χ0n) is 8.47. The molecule has 0 aliphatic carbocycles. The number of carbonyl (C=O) groups is 1. The van der Waals surface area contributed by atoms with Crippen LogP contribution in [0.25, 0.3) is 0 Å². The Kier molecular flexibility index (Phi) is 5.06. The minimum absolute atomic E-state index is 0.153. The molecule has 0 atom stereocenters. The number of allylic oxidation sites excluding steroid dienone is 2.